The molecule has 1 aromatic carbocycles. The fraction of sp³-hybridized carbons (Fsp3) is 0.286. The van der Waals surface area contributed by atoms with Gasteiger partial charge >= 0.3 is 0 Å². The maximum absolute atomic E-state index is 6.08. The zero-order chi connectivity index (χ0) is 12.4. The van der Waals surface area contributed by atoms with E-state index in [1.165, 1.54) is 0 Å². The first kappa shape index (κ1) is 12.1. The van der Waals surface area contributed by atoms with E-state index in [-0.39, 0.29) is 6.04 Å². The summed E-state index contributed by atoms with van der Waals surface area (Å²) in [6.07, 6.45) is 0. The van der Waals surface area contributed by atoms with E-state index in [0.717, 1.165) is 27.8 Å². The molecule has 0 aliphatic heterocycles. The summed E-state index contributed by atoms with van der Waals surface area (Å²) >= 11 is 6.08. The van der Waals surface area contributed by atoms with Crippen LogP contribution >= 0.6 is 11.6 Å². The standard InChI is InChI=1S/C14H16ClNO/c1-9-4-6-12(8-13(9)15)16-11(3)14-7-5-10(2)17-14/h4-8,11,16H,1-3H3. The Labute approximate surface area is 107 Å². The molecule has 0 radical (unpaired) electrons. The zero-order valence-corrected chi connectivity index (χ0v) is 11.0. The van der Waals surface area contributed by atoms with Crippen molar-refractivity contribution < 1.29 is 4.42 Å². The van der Waals surface area contributed by atoms with Crippen molar-refractivity contribution in [2.24, 2.45) is 0 Å². The molecule has 0 aliphatic carbocycles. The van der Waals surface area contributed by atoms with Crippen LogP contribution in [0.2, 0.25) is 5.02 Å². The van der Waals surface area contributed by atoms with Gasteiger partial charge in [0.25, 0.3) is 0 Å². The molecule has 0 bridgehead atoms. The second-order valence-electron chi connectivity index (χ2n) is 4.28. The Morgan fingerprint density at radius 3 is 2.53 bits per heavy atom. The summed E-state index contributed by atoms with van der Waals surface area (Å²) in [6, 6.07) is 10.0. The average Bonchev–Trinajstić information content (AvgIpc) is 2.70. The summed E-state index contributed by atoms with van der Waals surface area (Å²) in [5.74, 6) is 1.86. The lowest BCUT2D eigenvalue weighted by molar-refractivity contribution is 0.467. The highest BCUT2D eigenvalue weighted by Crippen LogP contribution is 2.24. The van der Waals surface area contributed by atoms with Gasteiger partial charge in [-0.3, -0.25) is 0 Å². The molecular weight excluding hydrogens is 234 g/mol. The Balaban J connectivity index is 2.12. The number of nitrogens with one attached hydrogen (secondary N) is 1. The van der Waals surface area contributed by atoms with Crippen molar-refractivity contribution in [2.75, 3.05) is 5.32 Å². The number of hydrogen-bond donors (Lipinski definition) is 1. The second-order valence-corrected chi connectivity index (χ2v) is 4.69. The third-order valence-electron chi connectivity index (χ3n) is 2.74. The maximum Gasteiger partial charge on any atom is 0.126 e. The maximum atomic E-state index is 6.08. The van der Waals surface area contributed by atoms with Crippen molar-refractivity contribution in [2.45, 2.75) is 26.8 Å². The Morgan fingerprint density at radius 2 is 1.94 bits per heavy atom. The van der Waals surface area contributed by atoms with Crippen LogP contribution in [0.25, 0.3) is 0 Å². The molecular formula is C14H16ClNO. The molecule has 0 spiro atoms. The van der Waals surface area contributed by atoms with Gasteiger partial charge < -0.3 is 9.73 Å². The van der Waals surface area contributed by atoms with Gasteiger partial charge in [0.2, 0.25) is 0 Å². The van der Waals surface area contributed by atoms with Crippen molar-refractivity contribution in [3.05, 3.63) is 52.4 Å². The van der Waals surface area contributed by atoms with Crippen molar-refractivity contribution in [1.82, 2.24) is 0 Å². The molecule has 0 amide bonds. The van der Waals surface area contributed by atoms with Crippen molar-refractivity contribution in [1.29, 1.82) is 0 Å². The van der Waals surface area contributed by atoms with E-state index in [4.69, 9.17) is 16.0 Å². The molecule has 2 aromatic rings. The number of furan rings is 1. The van der Waals surface area contributed by atoms with Crippen LogP contribution in [0.4, 0.5) is 5.69 Å². The predicted molar refractivity (Wildman–Crippen MR) is 71.7 cm³/mol. The Morgan fingerprint density at radius 1 is 1.18 bits per heavy atom. The number of anilines is 1. The summed E-state index contributed by atoms with van der Waals surface area (Å²) in [7, 11) is 0. The minimum atomic E-state index is 0.127. The number of hydrogen-bond acceptors (Lipinski definition) is 2. The molecule has 90 valence electrons. The highest BCUT2D eigenvalue weighted by atomic mass is 35.5. The fourth-order valence-electron chi connectivity index (χ4n) is 1.69. The molecule has 0 saturated carbocycles. The molecule has 1 unspecified atom stereocenters. The molecule has 1 aromatic heterocycles. The smallest absolute Gasteiger partial charge is 0.126 e. The third kappa shape index (κ3) is 2.83. The third-order valence-corrected chi connectivity index (χ3v) is 3.15. The fourth-order valence-corrected chi connectivity index (χ4v) is 1.87. The molecule has 1 N–H and O–H groups in total. The molecule has 2 nitrogen and oxygen atoms in total. The van der Waals surface area contributed by atoms with Crippen molar-refractivity contribution in [3.63, 3.8) is 0 Å². The lowest BCUT2D eigenvalue weighted by atomic mass is 10.2. The van der Waals surface area contributed by atoms with E-state index >= 15 is 0 Å². The van der Waals surface area contributed by atoms with Gasteiger partial charge in [0, 0.05) is 10.7 Å². The number of benzene rings is 1. The van der Waals surface area contributed by atoms with Crippen molar-refractivity contribution >= 4 is 17.3 Å². The zero-order valence-electron chi connectivity index (χ0n) is 10.3. The van der Waals surface area contributed by atoms with Gasteiger partial charge in [-0.2, -0.15) is 0 Å². The minimum absolute atomic E-state index is 0.127. The molecule has 2 rings (SSSR count). The quantitative estimate of drug-likeness (QED) is 0.851. The van der Waals surface area contributed by atoms with Crippen molar-refractivity contribution in [3.8, 4) is 0 Å². The Hall–Kier alpha value is -1.41. The van der Waals surface area contributed by atoms with Crippen LogP contribution in [0.5, 0.6) is 0 Å². The van der Waals surface area contributed by atoms with Crippen LogP contribution in [0.3, 0.4) is 0 Å². The van der Waals surface area contributed by atoms with Gasteiger partial charge in [-0.25, -0.2) is 0 Å². The first-order valence-electron chi connectivity index (χ1n) is 5.65. The van der Waals surface area contributed by atoms with Gasteiger partial charge in [0.05, 0.1) is 6.04 Å². The normalized spacial score (nSPS) is 12.5. The first-order valence-corrected chi connectivity index (χ1v) is 6.03. The summed E-state index contributed by atoms with van der Waals surface area (Å²) < 4.78 is 5.58. The van der Waals surface area contributed by atoms with E-state index < -0.39 is 0 Å². The highest BCUT2D eigenvalue weighted by molar-refractivity contribution is 6.31. The van der Waals surface area contributed by atoms with Crippen LogP contribution in [-0.4, -0.2) is 0 Å². The number of aryl methyl sites for hydroxylation is 2. The minimum Gasteiger partial charge on any atom is -0.464 e. The topological polar surface area (TPSA) is 25.2 Å². The molecule has 0 aliphatic rings. The Kier molecular flexibility index (Phi) is 3.43. The highest BCUT2D eigenvalue weighted by Gasteiger charge is 2.09. The molecule has 0 fully saturated rings. The molecule has 17 heavy (non-hydrogen) atoms. The van der Waals surface area contributed by atoms with E-state index in [1.54, 1.807) is 0 Å². The van der Waals surface area contributed by atoms with Gasteiger partial charge in [0.15, 0.2) is 0 Å². The van der Waals surface area contributed by atoms with Gasteiger partial charge in [-0.1, -0.05) is 17.7 Å². The average molecular weight is 250 g/mol. The van der Waals surface area contributed by atoms with Crippen LogP contribution in [0.1, 0.15) is 30.0 Å². The van der Waals surface area contributed by atoms with Crippen LogP contribution < -0.4 is 5.32 Å². The summed E-state index contributed by atoms with van der Waals surface area (Å²) in [6.45, 7) is 6.00. The summed E-state index contributed by atoms with van der Waals surface area (Å²) in [4.78, 5) is 0. The SMILES string of the molecule is Cc1ccc(C(C)Nc2ccc(C)c(Cl)c2)o1. The van der Waals surface area contributed by atoms with Gasteiger partial charge in [-0.15, -0.1) is 0 Å². The van der Waals surface area contributed by atoms with Gasteiger partial charge in [0.1, 0.15) is 11.5 Å². The van der Waals surface area contributed by atoms with Crippen LogP contribution in [0, 0.1) is 13.8 Å². The van der Waals surface area contributed by atoms with Crippen LogP contribution in [-0.2, 0) is 0 Å². The summed E-state index contributed by atoms with van der Waals surface area (Å²) in [5, 5.41) is 4.14. The monoisotopic (exact) mass is 249 g/mol. The molecule has 1 heterocycles. The van der Waals surface area contributed by atoms with E-state index in [1.807, 2.05) is 44.2 Å². The number of halogens is 1. The lowest BCUT2D eigenvalue weighted by Gasteiger charge is -2.13. The van der Waals surface area contributed by atoms with E-state index in [2.05, 4.69) is 12.2 Å². The number of rotatable bonds is 3. The summed E-state index contributed by atoms with van der Waals surface area (Å²) in [5.41, 5.74) is 2.08. The molecule has 3 heteroatoms. The van der Waals surface area contributed by atoms with E-state index in [0.29, 0.717) is 0 Å². The Bertz CT molecular complexity index is 519. The largest absolute Gasteiger partial charge is 0.464 e. The van der Waals surface area contributed by atoms with Crippen LogP contribution in [0.15, 0.2) is 34.7 Å². The molecule has 0 saturated heterocycles. The predicted octanol–water partition coefficient (Wildman–Crippen LogP) is 4.72. The van der Waals surface area contributed by atoms with E-state index in [9.17, 15) is 0 Å². The molecule has 1 atom stereocenters. The second kappa shape index (κ2) is 4.84. The van der Waals surface area contributed by atoms with Gasteiger partial charge in [-0.05, 0) is 50.6 Å². The lowest BCUT2D eigenvalue weighted by Crippen LogP contribution is -2.05. The first-order chi connectivity index (χ1) is 8.06.